The zero-order valence-corrected chi connectivity index (χ0v) is 13.2. The Kier molecular flexibility index (Phi) is 2.66. The smallest absolute Gasteiger partial charge is 0.0565 e. The highest BCUT2D eigenvalue weighted by Crippen LogP contribution is 2.56. The molecule has 1 fully saturated rings. The lowest BCUT2D eigenvalue weighted by Gasteiger charge is -2.10. The van der Waals surface area contributed by atoms with Crippen molar-refractivity contribution in [3.05, 3.63) is 78.0 Å². The molecule has 1 nitrogen and oxygen atoms in total. The second-order valence-corrected chi connectivity index (χ2v) is 6.68. The molecule has 23 heavy (non-hydrogen) atoms. The lowest BCUT2D eigenvalue weighted by atomic mass is 9.94. The molecule has 1 heterocycles. The minimum Gasteiger partial charge on any atom is -0.346 e. The fourth-order valence-corrected chi connectivity index (χ4v) is 4.13. The maximum absolute atomic E-state index is 2.45. The van der Waals surface area contributed by atoms with Crippen LogP contribution in [0.4, 0.5) is 0 Å². The van der Waals surface area contributed by atoms with Gasteiger partial charge in [-0.15, -0.1) is 0 Å². The van der Waals surface area contributed by atoms with Crippen molar-refractivity contribution in [2.45, 2.75) is 12.3 Å². The van der Waals surface area contributed by atoms with Gasteiger partial charge in [-0.25, -0.2) is 0 Å². The van der Waals surface area contributed by atoms with E-state index in [1.807, 2.05) is 0 Å². The minimum absolute atomic E-state index is 0.722. The van der Waals surface area contributed by atoms with Crippen molar-refractivity contribution in [3.8, 4) is 22.4 Å². The predicted octanol–water partition coefficient (Wildman–Crippen LogP) is 5.49. The molecule has 0 saturated heterocycles. The van der Waals surface area contributed by atoms with E-state index in [2.05, 4.69) is 84.4 Å². The Morgan fingerprint density at radius 1 is 0.870 bits per heavy atom. The molecule has 0 N–H and O–H groups in total. The van der Waals surface area contributed by atoms with Gasteiger partial charge in [-0.3, -0.25) is 0 Å². The molecule has 3 aromatic rings. The first-order valence-electron chi connectivity index (χ1n) is 8.36. The molecule has 0 aliphatic heterocycles. The molecule has 2 atom stereocenters. The fraction of sp³-hybridized carbons (Fsp3) is 0.182. The number of hydrogen-bond donors (Lipinski definition) is 0. The first-order valence-corrected chi connectivity index (χ1v) is 8.36. The summed E-state index contributed by atoms with van der Waals surface area (Å²) in [5.74, 6) is 1.49. The molecule has 0 bridgehead atoms. The second-order valence-electron chi connectivity index (χ2n) is 6.68. The molecule has 0 spiro atoms. The molecule has 112 valence electrons. The number of hydrogen-bond acceptors (Lipinski definition) is 0. The molecule has 1 saturated carbocycles. The van der Waals surface area contributed by atoms with E-state index in [0.29, 0.717) is 0 Å². The van der Waals surface area contributed by atoms with Gasteiger partial charge in [-0.2, -0.15) is 0 Å². The van der Waals surface area contributed by atoms with Crippen LogP contribution in [0.25, 0.3) is 28.5 Å². The van der Waals surface area contributed by atoms with Crippen LogP contribution >= 0.6 is 0 Å². The van der Waals surface area contributed by atoms with Gasteiger partial charge in [0.05, 0.1) is 5.69 Å². The molecule has 2 aliphatic rings. The summed E-state index contributed by atoms with van der Waals surface area (Å²) in [6, 6.07) is 21.6. The summed E-state index contributed by atoms with van der Waals surface area (Å²) < 4.78 is 2.45. The molecular weight excluding hydrogens is 278 g/mol. The van der Waals surface area contributed by atoms with Crippen LogP contribution in [0.15, 0.2) is 66.7 Å². The minimum atomic E-state index is 0.722. The average Bonchev–Trinajstić information content (AvgIpc) is 3.34. The Morgan fingerprint density at radius 2 is 1.52 bits per heavy atom. The van der Waals surface area contributed by atoms with Gasteiger partial charge in [0.25, 0.3) is 0 Å². The molecule has 2 aliphatic carbocycles. The molecule has 0 amide bonds. The molecule has 2 unspecified atom stereocenters. The van der Waals surface area contributed by atoms with Crippen LogP contribution in [0.1, 0.15) is 23.6 Å². The summed E-state index contributed by atoms with van der Waals surface area (Å²) >= 11 is 0. The second kappa shape index (κ2) is 4.73. The van der Waals surface area contributed by atoms with Gasteiger partial charge in [0.15, 0.2) is 0 Å². The third-order valence-corrected chi connectivity index (χ3v) is 5.29. The molecule has 5 rings (SSSR count). The van der Waals surface area contributed by atoms with Crippen molar-refractivity contribution in [2.75, 3.05) is 0 Å². The number of nitrogens with zero attached hydrogens (tertiary/aromatic N) is 1. The maximum atomic E-state index is 2.45. The van der Waals surface area contributed by atoms with Gasteiger partial charge >= 0.3 is 0 Å². The Bertz CT molecular complexity index is 900. The third kappa shape index (κ3) is 1.86. The summed E-state index contributed by atoms with van der Waals surface area (Å²) in [7, 11) is 2.24. The third-order valence-electron chi connectivity index (χ3n) is 5.29. The maximum Gasteiger partial charge on any atom is 0.0565 e. The zero-order chi connectivity index (χ0) is 15.4. The van der Waals surface area contributed by atoms with E-state index in [9.17, 15) is 0 Å². The summed E-state index contributed by atoms with van der Waals surface area (Å²) in [5.41, 5.74) is 8.29. The summed E-state index contributed by atoms with van der Waals surface area (Å²) in [4.78, 5) is 0. The molecule has 1 heteroatoms. The van der Waals surface area contributed by atoms with Crippen molar-refractivity contribution in [3.63, 3.8) is 0 Å². The predicted molar refractivity (Wildman–Crippen MR) is 96.2 cm³/mol. The normalized spacial score (nSPS) is 20.9. The first kappa shape index (κ1) is 13.0. The SMILES string of the molecule is Cn1c(-c2ccccc2)c(-c2ccccc2)c2c1C1CC1C=C2. The van der Waals surface area contributed by atoms with Crippen molar-refractivity contribution >= 4 is 6.08 Å². The van der Waals surface area contributed by atoms with Gasteiger partial charge in [-0.05, 0) is 23.5 Å². The zero-order valence-electron chi connectivity index (χ0n) is 13.2. The Labute approximate surface area is 136 Å². The number of benzene rings is 2. The van der Waals surface area contributed by atoms with E-state index < -0.39 is 0 Å². The van der Waals surface area contributed by atoms with Gasteiger partial charge in [0, 0.05) is 29.8 Å². The van der Waals surface area contributed by atoms with Gasteiger partial charge in [0.1, 0.15) is 0 Å². The quantitative estimate of drug-likeness (QED) is 0.589. The van der Waals surface area contributed by atoms with Crippen LogP contribution in [0.3, 0.4) is 0 Å². The Morgan fingerprint density at radius 3 is 2.22 bits per heavy atom. The van der Waals surface area contributed by atoms with E-state index in [1.54, 1.807) is 0 Å². The molecule has 1 aromatic heterocycles. The lowest BCUT2D eigenvalue weighted by molar-refractivity contribution is 0.812. The van der Waals surface area contributed by atoms with Crippen LogP contribution in [-0.2, 0) is 7.05 Å². The highest BCUT2D eigenvalue weighted by Gasteiger charge is 2.43. The summed E-state index contributed by atoms with van der Waals surface area (Å²) in [6.45, 7) is 0. The number of fused-ring (bicyclic) bond motifs is 3. The highest BCUT2D eigenvalue weighted by atomic mass is 15.0. The van der Waals surface area contributed by atoms with Crippen LogP contribution in [0.2, 0.25) is 0 Å². The summed E-state index contributed by atoms with van der Waals surface area (Å²) in [5, 5.41) is 0. The van der Waals surface area contributed by atoms with Gasteiger partial charge < -0.3 is 4.57 Å². The van der Waals surface area contributed by atoms with Crippen LogP contribution in [0, 0.1) is 5.92 Å². The van der Waals surface area contributed by atoms with Crippen molar-refractivity contribution in [1.82, 2.24) is 4.57 Å². The van der Waals surface area contributed by atoms with Gasteiger partial charge in [0.2, 0.25) is 0 Å². The van der Waals surface area contributed by atoms with E-state index in [0.717, 1.165) is 11.8 Å². The van der Waals surface area contributed by atoms with Gasteiger partial charge in [-0.1, -0.05) is 72.8 Å². The van der Waals surface area contributed by atoms with E-state index in [4.69, 9.17) is 0 Å². The van der Waals surface area contributed by atoms with Crippen molar-refractivity contribution in [1.29, 1.82) is 0 Å². The van der Waals surface area contributed by atoms with E-state index in [1.165, 1.54) is 40.1 Å². The van der Waals surface area contributed by atoms with Crippen molar-refractivity contribution in [2.24, 2.45) is 13.0 Å². The monoisotopic (exact) mass is 297 g/mol. The Balaban J connectivity index is 1.85. The number of allylic oxidation sites excluding steroid dienone is 1. The summed E-state index contributed by atoms with van der Waals surface area (Å²) in [6.07, 6.45) is 6.08. The molecule has 2 aromatic carbocycles. The molecular formula is C22H19N. The van der Waals surface area contributed by atoms with Crippen LogP contribution < -0.4 is 0 Å². The highest BCUT2D eigenvalue weighted by molar-refractivity contribution is 5.91. The topological polar surface area (TPSA) is 4.93 Å². The number of rotatable bonds is 2. The van der Waals surface area contributed by atoms with E-state index >= 15 is 0 Å². The largest absolute Gasteiger partial charge is 0.346 e. The number of aromatic nitrogens is 1. The Hall–Kier alpha value is -2.54. The average molecular weight is 297 g/mol. The van der Waals surface area contributed by atoms with E-state index in [-0.39, 0.29) is 0 Å². The lowest BCUT2D eigenvalue weighted by Crippen LogP contribution is -2.00. The van der Waals surface area contributed by atoms with Crippen molar-refractivity contribution < 1.29 is 0 Å². The standard InChI is InChI=1S/C22H19N/c1-23-21(16-10-6-3-7-11-16)20(15-8-4-2-5-9-15)18-13-12-17-14-19(17)22(18)23/h2-13,17,19H,14H2,1H3. The molecule has 0 radical (unpaired) electrons. The van der Waals surface area contributed by atoms with Crippen LogP contribution in [-0.4, -0.2) is 4.57 Å². The van der Waals surface area contributed by atoms with Crippen LogP contribution in [0.5, 0.6) is 0 Å². The fourth-order valence-electron chi connectivity index (χ4n) is 4.13. The first-order chi connectivity index (χ1) is 11.3.